The highest BCUT2D eigenvalue weighted by atomic mass is 32.2. The molecule has 1 aliphatic heterocycles. The Bertz CT molecular complexity index is 394. The summed E-state index contributed by atoms with van der Waals surface area (Å²) in [4.78, 5) is 1.36. The number of nitrogens with one attached hydrogen (secondary N) is 1. The molecule has 0 amide bonds. The first kappa shape index (κ1) is 14.9. The van der Waals surface area contributed by atoms with Gasteiger partial charge in [-0.05, 0) is 51.3 Å². The molecule has 0 bridgehead atoms. The van der Waals surface area contributed by atoms with Gasteiger partial charge in [-0.25, -0.2) is 0 Å². The molecule has 1 fully saturated rings. The van der Waals surface area contributed by atoms with Crippen LogP contribution in [0.3, 0.4) is 0 Å². The lowest BCUT2D eigenvalue weighted by Crippen LogP contribution is -2.35. The van der Waals surface area contributed by atoms with Gasteiger partial charge in [-0.2, -0.15) is 0 Å². The first-order valence-corrected chi connectivity index (χ1v) is 7.99. The molecule has 1 aliphatic rings. The van der Waals surface area contributed by atoms with E-state index in [0.29, 0.717) is 5.25 Å². The van der Waals surface area contributed by atoms with E-state index in [0.717, 1.165) is 19.8 Å². The third kappa shape index (κ3) is 5.55. The molecule has 0 aromatic heterocycles. The molecular weight excluding hydrogens is 254 g/mol. The summed E-state index contributed by atoms with van der Waals surface area (Å²) in [5, 5.41) is 4.16. The Morgan fingerprint density at radius 2 is 2.21 bits per heavy atom. The van der Waals surface area contributed by atoms with Crippen molar-refractivity contribution in [2.24, 2.45) is 0 Å². The van der Waals surface area contributed by atoms with Gasteiger partial charge in [-0.1, -0.05) is 12.1 Å². The standard InChI is InChI=1S/C16H25NOS/c1-16(2,3)17-11-13-6-4-7-14(10-13)19-15-8-5-9-18-12-15/h4,6-7,10,15,17H,5,8-9,11-12H2,1-3H3. The minimum atomic E-state index is 0.167. The van der Waals surface area contributed by atoms with E-state index in [1.54, 1.807) is 0 Å². The van der Waals surface area contributed by atoms with E-state index in [1.165, 1.54) is 23.3 Å². The van der Waals surface area contributed by atoms with Crippen molar-refractivity contribution in [3.8, 4) is 0 Å². The van der Waals surface area contributed by atoms with E-state index in [-0.39, 0.29) is 5.54 Å². The SMILES string of the molecule is CC(C)(C)NCc1cccc(SC2CCCOC2)c1. The monoisotopic (exact) mass is 279 g/mol. The molecule has 0 radical (unpaired) electrons. The first-order valence-electron chi connectivity index (χ1n) is 7.11. The number of hydrogen-bond acceptors (Lipinski definition) is 3. The molecule has 1 heterocycles. The second kappa shape index (κ2) is 6.78. The van der Waals surface area contributed by atoms with E-state index >= 15 is 0 Å². The fourth-order valence-electron chi connectivity index (χ4n) is 2.09. The van der Waals surface area contributed by atoms with Crippen LogP contribution in [-0.4, -0.2) is 24.0 Å². The van der Waals surface area contributed by atoms with Gasteiger partial charge in [0.2, 0.25) is 0 Å². The maximum Gasteiger partial charge on any atom is 0.0588 e. The third-order valence-corrected chi connectivity index (χ3v) is 4.37. The van der Waals surface area contributed by atoms with Gasteiger partial charge in [0.05, 0.1) is 6.61 Å². The van der Waals surface area contributed by atoms with Gasteiger partial charge in [-0.3, -0.25) is 0 Å². The fraction of sp³-hybridized carbons (Fsp3) is 0.625. The smallest absolute Gasteiger partial charge is 0.0588 e. The predicted molar refractivity (Wildman–Crippen MR) is 82.7 cm³/mol. The molecule has 106 valence electrons. The molecular formula is C16H25NOS. The topological polar surface area (TPSA) is 21.3 Å². The van der Waals surface area contributed by atoms with E-state index in [1.807, 2.05) is 11.8 Å². The van der Waals surface area contributed by atoms with Crippen LogP contribution in [0.15, 0.2) is 29.2 Å². The van der Waals surface area contributed by atoms with Crippen molar-refractivity contribution >= 4 is 11.8 Å². The van der Waals surface area contributed by atoms with Gasteiger partial charge in [0.1, 0.15) is 0 Å². The number of ether oxygens (including phenoxy) is 1. The maximum atomic E-state index is 5.54. The molecule has 1 unspecified atom stereocenters. The minimum Gasteiger partial charge on any atom is -0.380 e. The summed E-state index contributed by atoms with van der Waals surface area (Å²) in [6, 6.07) is 8.86. The van der Waals surface area contributed by atoms with Gasteiger partial charge in [-0.15, -0.1) is 11.8 Å². The Balaban J connectivity index is 1.90. The van der Waals surface area contributed by atoms with Crippen LogP contribution < -0.4 is 5.32 Å². The number of rotatable bonds is 4. The molecule has 1 atom stereocenters. The van der Waals surface area contributed by atoms with Crippen molar-refractivity contribution in [2.75, 3.05) is 13.2 Å². The molecule has 1 N–H and O–H groups in total. The zero-order chi connectivity index (χ0) is 13.7. The zero-order valence-electron chi connectivity index (χ0n) is 12.2. The van der Waals surface area contributed by atoms with Crippen LogP contribution in [0.5, 0.6) is 0 Å². The summed E-state index contributed by atoms with van der Waals surface area (Å²) < 4.78 is 5.54. The minimum absolute atomic E-state index is 0.167. The Morgan fingerprint density at radius 3 is 2.89 bits per heavy atom. The summed E-state index contributed by atoms with van der Waals surface area (Å²) in [7, 11) is 0. The largest absolute Gasteiger partial charge is 0.380 e. The molecule has 1 saturated heterocycles. The highest BCUT2D eigenvalue weighted by Crippen LogP contribution is 2.29. The van der Waals surface area contributed by atoms with E-state index in [2.05, 4.69) is 50.4 Å². The average molecular weight is 279 g/mol. The zero-order valence-corrected chi connectivity index (χ0v) is 13.1. The van der Waals surface area contributed by atoms with E-state index < -0.39 is 0 Å². The molecule has 0 saturated carbocycles. The second-order valence-electron chi connectivity index (χ2n) is 6.21. The molecule has 3 heteroatoms. The molecule has 2 rings (SSSR count). The van der Waals surface area contributed by atoms with Crippen molar-refractivity contribution in [1.29, 1.82) is 0 Å². The Labute approximate surface area is 121 Å². The lowest BCUT2D eigenvalue weighted by Gasteiger charge is -2.22. The highest BCUT2D eigenvalue weighted by Gasteiger charge is 2.15. The Hall–Kier alpha value is -0.510. The fourth-order valence-corrected chi connectivity index (χ4v) is 3.30. The molecule has 1 aromatic carbocycles. The van der Waals surface area contributed by atoms with Crippen LogP contribution in [0, 0.1) is 0 Å². The summed E-state index contributed by atoms with van der Waals surface area (Å²) in [6.07, 6.45) is 2.47. The second-order valence-corrected chi connectivity index (χ2v) is 7.58. The van der Waals surface area contributed by atoms with Crippen molar-refractivity contribution in [2.45, 2.75) is 55.8 Å². The van der Waals surface area contributed by atoms with Crippen molar-refractivity contribution < 1.29 is 4.74 Å². The summed E-state index contributed by atoms with van der Waals surface area (Å²) >= 11 is 1.96. The lowest BCUT2D eigenvalue weighted by atomic mass is 10.1. The van der Waals surface area contributed by atoms with Gasteiger partial charge in [0, 0.05) is 28.8 Å². The van der Waals surface area contributed by atoms with Crippen LogP contribution in [0.1, 0.15) is 39.2 Å². The van der Waals surface area contributed by atoms with Crippen LogP contribution >= 0.6 is 11.8 Å². The van der Waals surface area contributed by atoms with Crippen LogP contribution in [0.2, 0.25) is 0 Å². The van der Waals surface area contributed by atoms with Gasteiger partial charge in [0.15, 0.2) is 0 Å². The third-order valence-electron chi connectivity index (χ3n) is 3.14. The van der Waals surface area contributed by atoms with E-state index in [9.17, 15) is 0 Å². The number of benzene rings is 1. The molecule has 1 aromatic rings. The average Bonchev–Trinajstić information content (AvgIpc) is 2.37. The molecule has 0 spiro atoms. The van der Waals surface area contributed by atoms with Crippen LogP contribution in [0.25, 0.3) is 0 Å². The quantitative estimate of drug-likeness (QED) is 0.904. The van der Waals surface area contributed by atoms with Crippen molar-refractivity contribution in [1.82, 2.24) is 5.32 Å². The Morgan fingerprint density at radius 1 is 1.37 bits per heavy atom. The molecule has 0 aliphatic carbocycles. The molecule has 19 heavy (non-hydrogen) atoms. The molecule has 2 nitrogen and oxygen atoms in total. The summed E-state index contributed by atoms with van der Waals surface area (Å²) in [5.41, 5.74) is 1.53. The lowest BCUT2D eigenvalue weighted by molar-refractivity contribution is 0.101. The predicted octanol–water partition coefficient (Wildman–Crippen LogP) is 3.85. The highest BCUT2D eigenvalue weighted by molar-refractivity contribution is 8.00. The van der Waals surface area contributed by atoms with Gasteiger partial charge >= 0.3 is 0 Å². The number of hydrogen-bond donors (Lipinski definition) is 1. The summed E-state index contributed by atoms with van der Waals surface area (Å²) in [5.74, 6) is 0. The Kier molecular flexibility index (Phi) is 5.31. The summed E-state index contributed by atoms with van der Waals surface area (Å²) in [6.45, 7) is 9.36. The van der Waals surface area contributed by atoms with Crippen LogP contribution in [0.4, 0.5) is 0 Å². The van der Waals surface area contributed by atoms with Gasteiger partial charge < -0.3 is 10.1 Å². The van der Waals surface area contributed by atoms with E-state index in [4.69, 9.17) is 4.74 Å². The first-order chi connectivity index (χ1) is 9.03. The van der Waals surface area contributed by atoms with Crippen molar-refractivity contribution in [3.05, 3.63) is 29.8 Å². The van der Waals surface area contributed by atoms with Crippen molar-refractivity contribution in [3.63, 3.8) is 0 Å². The van der Waals surface area contributed by atoms with Gasteiger partial charge in [0.25, 0.3) is 0 Å². The normalized spacial score (nSPS) is 20.5. The van der Waals surface area contributed by atoms with Crippen LogP contribution in [-0.2, 0) is 11.3 Å². The number of thioether (sulfide) groups is 1. The maximum absolute atomic E-state index is 5.54.